The van der Waals surface area contributed by atoms with Crippen LogP contribution in [0.3, 0.4) is 0 Å². The molecular weight excluding hydrogens is 440 g/mol. The molecule has 178 valence electrons. The molecule has 0 bridgehead atoms. The summed E-state index contributed by atoms with van der Waals surface area (Å²) in [4.78, 5) is 2.20. The smallest absolute Gasteiger partial charge is 0.0541 e. The van der Waals surface area contributed by atoms with E-state index in [-0.39, 0.29) is 0 Å². The zero-order chi connectivity index (χ0) is 25.1. The second-order valence-corrected chi connectivity index (χ2v) is 8.40. The minimum Gasteiger partial charge on any atom is -0.399 e. The number of nitrogen functional groups attached to an aromatic ring is 2. The van der Waals surface area contributed by atoms with Gasteiger partial charge in [0.2, 0.25) is 0 Å². The molecule has 1 heterocycles. The summed E-state index contributed by atoms with van der Waals surface area (Å²) in [5, 5.41) is 2.51. The topological polar surface area (TPSA) is 60.2 Å². The predicted octanol–water partition coefficient (Wildman–Crippen LogP) is 8.44. The summed E-state index contributed by atoms with van der Waals surface area (Å²) in [7, 11) is 0. The van der Waals surface area contributed by atoms with Crippen molar-refractivity contribution in [3.63, 3.8) is 0 Å². The Kier molecular flexibility index (Phi) is 6.33. The van der Waals surface area contributed by atoms with Gasteiger partial charge in [-0.3, -0.25) is 0 Å². The van der Waals surface area contributed by atoms with Crippen LogP contribution in [0.5, 0.6) is 0 Å². The Morgan fingerprint density at radius 3 is 1.25 bits per heavy atom. The first-order valence-electron chi connectivity index (χ1n) is 12.3. The first kappa shape index (κ1) is 23.1. The number of hydrogen-bond acceptors (Lipinski definition) is 3. The van der Waals surface area contributed by atoms with E-state index in [1.165, 1.54) is 21.8 Å². The lowest BCUT2D eigenvalue weighted by Gasteiger charge is -2.26. The van der Waals surface area contributed by atoms with Gasteiger partial charge in [-0.05, 0) is 84.9 Å². The van der Waals surface area contributed by atoms with Crippen LogP contribution >= 0.6 is 0 Å². The molecule has 0 unspecified atom stereocenters. The lowest BCUT2D eigenvalue weighted by Crippen LogP contribution is -2.10. The summed E-state index contributed by atoms with van der Waals surface area (Å²) < 4.78 is 2.32. The van der Waals surface area contributed by atoms with E-state index in [0.29, 0.717) is 0 Å². The van der Waals surface area contributed by atoms with E-state index in [2.05, 4.69) is 82.3 Å². The Bertz CT molecular complexity index is 1500. The minimum atomic E-state index is 0.739. The number of anilines is 5. The van der Waals surface area contributed by atoms with E-state index < -0.39 is 0 Å². The van der Waals surface area contributed by atoms with Gasteiger partial charge >= 0.3 is 0 Å². The zero-order valence-corrected chi connectivity index (χ0v) is 20.6. The Balaban J connectivity index is 0.00000130. The van der Waals surface area contributed by atoms with Crippen molar-refractivity contribution < 1.29 is 0 Å². The van der Waals surface area contributed by atoms with Gasteiger partial charge in [0.15, 0.2) is 0 Å². The molecule has 0 saturated carbocycles. The average molecular weight is 471 g/mol. The van der Waals surface area contributed by atoms with Crippen molar-refractivity contribution in [3.8, 4) is 5.69 Å². The molecule has 1 aromatic heterocycles. The van der Waals surface area contributed by atoms with Gasteiger partial charge < -0.3 is 20.9 Å². The van der Waals surface area contributed by atoms with E-state index >= 15 is 0 Å². The maximum absolute atomic E-state index is 5.95. The number of benzene rings is 5. The number of nitrogens with zero attached hydrogens (tertiary/aromatic N) is 2. The van der Waals surface area contributed by atoms with Crippen LogP contribution in [0.1, 0.15) is 13.8 Å². The van der Waals surface area contributed by atoms with Gasteiger partial charge in [-0.15, -0.1) is 0 Å². The standard InChI is InChI=1S/C30H24N4.C2H6/c31-21-9-13-23(14-10-21)33(24-15-11-22(32)12-16-24)25-17-19-26(20-18-25)34-29-7-3-1-5-27(29)28-6-2-4-8-30(28)34;1-2/h1-20H,31-32H2;1-2H3. The molecule has 4 nitrogen and oxygen atoms in total. The molecule has 36 heavy (non-hydrogen) atoms. The van der Waals surface area contributed by atoms with Crippen LogP contribution in [-0.4, -0.2) is 4.57 Å². The van der Waals surface area contributed by atoms with E-state index in [0.717, 1.165) is 34.1 Å². The number of fused-ring (bicyclic) bond motifs is 3. The molecule has 0 saturated heterocycles. The van der Waals surface area contributed by atoms with Gasteiger partial charge in [0.1, 0.15) is 0 Å². The molecule has 6 aromatic rings. The van der Waals surface area contributed by atoms with Crippen molar-refractivity contribution in [1.29, 1.82) is 0 Å². The Morgan fingerprint density at radius 1 is 0.472 bits per heavy atom. The second-order valence-electron chi connectivity index (χ2n) is 8.40. The van der Waals surface area contributed by atoms with Gasteiger partial charge in [0.25, 0.3) is 0 Å². The molecule has 4 N–H and O–H groups in total. The molecule has 0 fully saturated rings. The fraction of sp³-hybridized carbons (Fsp3) is 0.0625. The van der Waals surface area contributed by atoms with Gasteiger partial charge in [0, 0.05) is 44.9 Å². The van der Waals surface area contributed by atoms with Crippen LogP contribution in [0.25, 0.3) is 27.5 Å². The zero-order valence-electron chi connectivity index (χ0n) is 20.6. The van der Waals surface area contributed by atoms with Crippen molar-refractivity contribution in [3.05, 3.63) is 121 Å². The van der Waals surface area contributed by atoms with Gasteiger partial charge in [0.05, 0.1) is 11.0 Å². The van der Waals surface area contributed by atoms with Crippen LogP contribution in [0, 0.1) is 0 Å². The maximum atomic E-state index is 5.95. The summed E-state index contributed by atoms with van der Waals surface area (Å²) >= 11 is 0. The Hall–Kier alpha value is -4.70. The van der Waals surface area contributed by atoms with Crippen LogP contribution < -0.4 is 16.4 Å². The third kappa shape index (κ3) is 4.14. The lowest BCUT2D eigenvalue weighted by atomic mass is 10.1. The largest absolute Gasteiger partial charge is 0.399 e. The summed E-state index contributed by atoms with van der Waals surface area (Å²) in [5.74, 6) is 0. The molecule has 0 aliphatic carbocycles. The van der Waals surface area contributed by atoms with Crippen molar-refractivity contribution in [2.24, 2.45) is 0 Å². The van der Waals surface area contributed by atoms with E-state index in [4.69, 9.17) is 11.5 Å². The molecule has 0 aliphatic heterocycles. The highest BCUT2D eigenvalue weighted by atomic mass is 15.1. The second kappa shape index (κ2) is 9.88. The number of para-hydroxylation sites is 2. The highest BCUT2D eigenvalue weighted by Crippen LogP contribution is 2.37. The monoisotopic (exact) mass is 470 g/mol. The van der Waals surface area contributed by atoms with Gasteiger partial charge in [-0.1, -0.05) is 50.2 Å². The first-order valence-corrected chi connectivity index (χ1v) is 12.3. The summed E-state index contributed by atoms with van der Waals surface area (Å²) in [6, 6.07) is 41.6. The van der Waals surface area contributed by atoms with Crippen LogP contribution in [-0.2, 0) is 0 Å². The molecule has 6 rings (SSSR count). The fourth-order valence-electron chi connectivity index (χ4n) is 4.65. The number of nitrogens with two attached hydrogens (primary N) is 2. The van der Waals surface area contributed by atoms with E-state index in [1.807, 2.05) is 62.4 Å². The van der Waals surface area contributed by atoms with Crippen molar-refractivity contribution >= 4 is 50.2 Å². The first-order chi connectivity index (χ1) is 17.7. The molecular formula is C32H30N4. The molecule has 0 amide bonds. The number of hydrogen-bond donors (Lipinski definition) is 2. The third-order valence-corrected chi connectivity index (χ3v) is 6.25. The van der Waals surface area contributed by atoms with E-state index in [1.54, 1.807) is 0 Å². The number of aromatic nitrogens is 1. The maximum Gasteiger partial charge on any atom is 0.0541 e. The average Bonchev–Trinajstić information content (AvgIpc) is 3.27. The van der Waals surface area contributed by atoms with Crippen molar-refractivity contribution in [1.82, 2.24) is 4.57 Å². The highest BCUT2D eigenvalue weighted by Gasteiger charge is 2.15. The molecule has 0 spiro atoms. The Morgan fingerprint density at radius 2 is 0.833 bits per heavy atom. The molecule has 0 aliphatic rings. The SMILES string of the molecule is CC.Nc1ccc(N(c2ccc(N)cc2)c2ccc(-n3c4ccccc4c4ccccc43)cc2)cc1. The summed E-state index contributed by atoms with van der Waals surface area (Å²) in [6.07, 6.45) is 0. The molecule has 0 radical (unpaired) electrons. The van der Waals surface area contributed by atoms with Crippen molar-refractivity contribution in [2.45, 2.75) is 13.8 Å². The van der Waals surface area contributed by atoms with Crippen LogP contribution in [0.2, 0.25) is 0 Å². The number of rotatable bonds is 4. The summed E-state index contributed by atoms with van der Waals surface area (Å²) in [5.41, 5.74) is 20.0. The highest BCUT2D eigenvalue weighted by molar-refractivity contribution is 6.09. The molecule has 5 aromatic carbocycles. The van der Waals surface area contributed by atoms with Crippen LogP contribution in [0.15, 0.2) is 121 Å². The normalized spacial score (nSPS) is 10.7. The van der Waals surface area contributed by atoms with Gasteiger partial charge in [-0.2, -0.15) is 0 Å². The summed E-state index contributed by atoms with van der Waals surface area (Å²) in [6.45, 7) is 4.00. The fourth-order valence-corrected chi connectivity index (χ4v) is 4.65. The third-order valence-electron chi connectivity index (χ3n) is 6.25. The molecule has 4 heteroatoms. The van der Waals surface area contributed by atoms with Crippen LogP contribution in [0.4, 0.5) is 28.4 Å². The lowest BCUT2D eigenvalue weighted by molar-refractivity contribution is 1.17. The predicted molar refractivity (Wildman–Crippen MR) is 156 cm³/mol. The minimum absolute atomic E-state index is 0.739. The molecule has 0 atom stereocenters. The van der Waals surface area contributed by atoms with E-state index in [9.17, 15) is 0 Å². The quantitative estimate of drug-likeness (QED) is 0.254. The van der Waals surface area contributed by atoms with Gasteiger partial charge in [-0.25, -0.2) is 0 Å². The van der Waals surface area contributed by atoms with Crippen molar-refractivity contribution in [2.75, 3.05) is 16.4 Å². The Labute approximate surface area is 212 Å².